The van der Waals surface area contributed by atoms with Crippen LogP contribution in [0.25, 0.3) is 0 Å². The van der Waals surface area contributed by atoms with Crippen molar-refractivity contribution in [3.63, 3.8) is 0 Å². The van der Waals surface area contributed by atoms with Gasteiger partial charge < -0.3 is 20.1 Å². The highest BCUT2D eigenvalue weighted by atomic mass is 16.5. The van der Waals surface area contributed by atoms with Crippen LogP contribution in [0.2, 0.25) is 0 Å². The molecule has 7 nitrogen and oxygen atoms in total. The SMILES string of the molecule is CNC(=O)C1CCN(C(=O)C2CCC(C(=O)O)O2)CC1. The Balaban J connectivity index is 1.83. The molecule has 2 saturated heterocycles. The van der Waals surface area contributed by atoms with Gasteiger partial charge in [-0.2, -0.15) is 0 Å². The van der Waals surface area contributed by atoms with Gasteiger partial charge in [-0.3, -0.25) is 9.59 Å². The first-order valence-electron chi connectivity index (χ1n) is 6.91. The lowest BCUT2D eigenvalue weighted by Crippen LogP contribution is -2.46. The van der Waals surface area contributed by atoms with E-state index in [0.717, 1.165) is 0 Å². The molecule has 2 amide bonds. The fourth-order valence-corrected chi connectivity index (χ4v) is 2.77. The zero-order valence-electron chi connectivity index (χ0n) is 11.5. The number of rotatable bonds is 3. The number of ether oxygens (including phenoxy) is 1. The summed E-state index contributed by atoms with van der Waals surface area (Å²) in [4.78, 5) is 36.2. The number of carbonyl (C=O) groups is 3. The molecule has 2 unspecified atom stereocenters. The van der Waals surface area contributed by atoms with Gasteiger partial charge in [0.2, 0.25) is 5.91 Å². The number of nitrogens with one attached hydrogen (secondary N) is 1. The molecule has 112 valence electrons. The van der Waals surface area contributed by atoms with E-state index < -0.39 is 18.2 Å². The summed E-state index contributed by atoms with van der Waals surface area (Å²) in [7, 11) is 1.61. The lowest BCUT2D eigenvalue weighted by molar-refractivity contribution is -0.155. The first kappa shape index (κ1) is 14.8. The van der Waals surface area contributed by atoms with Gasteiger partial charge >= 0.3 is 5.97 Å². The van der Waals surface area contributed by atoms with E-state index in [1.165, 1.54) is 0 Å². The van der Waals surface area contributed by atoms with E-state index in [1.54, 1.807) is 11.9 Å². The number of piperidine rings is 1. The summed E-state index contributed by atoms with van der Waals surface area (Å²) in [6, 6.07) is 0. The van der Waals surface area contributed by atoms with Gasteiger partial charge in [-0.15, -0.1) is 0 Å². The normalized spacial score (nSPS) is 27.4. The molecule has 2 N–H and O–H groups in total. The highest BCUT2D eigenvalue weighted by molar-refractivity contribution is 5.83. The molecular weight excluding hydrogens is 264 g/mol. The average Bonchev–Trinajstić information content (AvgIpc) is 2.96. The van der Waals surface area contributed by atoms with Crippen molar-refractivity contribution in [2.24, 2.45) is 5.92 Å². The standard InChI is InChI=1S/C13H20N2O5/c1-14-11(16)8-4-6-15(7-5-8)12(17)9-2-3-10(20-9)13(18)19/h8-10H,2-7H2,1H3,(H,14,16)(H,18,19). The number of hydrogen-bond acceptors (Lipinski definition) is 4. The first-order valence-corrected chi connectivity index (χ1v) is 6.91. The summed E-state index contributed by atoms with van der Waals surface area (Å²) < 4.78 is 5.26. The van der Waals surface area contributed by atoms with E-state index in [-0.39, 0.29) is 17.7 Å². The lowest BCUT2D eigenvalue weighted by atomic mass is 9.95. The number of hydrogen-bond donors (Lipinski definition) is 2. The minimum absolute atomic E-state index is 0.0140. The Labute approximate surface area is 117 Å². The predicted molar refractivity (Wildman–Crippen MR) is 68.9 cm³/mol. The molecule has 0 spiro atoms. The van der Waals surface area contributed by atoms with Crippen molar-refractivity contribution in [3.05, 3.63) is 0 Å². The molecule has 2 rings (SSSR count). The van der Waals surface area contributed by atoms with Crippen LogP contribution in [0.5, 0.6) is 0 Å². The Morgan fingerprint density at radius 1 is 1.10 bits per heavy atom. The Morgan fingerprint density at radius 2 is 1.70 bits per heavy atom. The summed E-state index contributed by atoms with van der Waals surface area (Å²) in [5, 5.41) is 11.5. The van der Waals surface area contributed by atoms with E-state index in [2.05, 4.69) is 5.32 Å². The Morgan fingerprint density at radius 3 is 2.20 bits per heavy atom. The van der Waals surface area contributed by atoms with E-state index in [1.807, 2.05) is 0 Å². The van der Waals surface area contributed by atoms with Crippen LogP contribution in [0.1, 0.15) is 25.7 Å². The van der Waals surface area contributed by atoms with Crippen LogP contribution < -0.4 is 5.32 Å². The number of carboxylic acid groups (broad SMARTS) is 1. The monoisotopic (exact) mass is 284 g/mol. The second kappa shape index (κ2) is 6.21. The third kappa shape index (κ3) is 3.09. The van der Waals surface area contributed by atoms with Crippen LogP contribution in [0.15, 0.2) is 0 Å². The Kier molecular flexibility index (Phi) is 4.59. The summed E-state index contributed by atoms with van der Waals surface area (Å²) in [5.74, 6) is -1.19. The van der Waals surface area contributed by atoms with Gasteiger partial charge in [-0.05, 0) is 25.7 Å². The lowest BCUT2D eigenvalue weighted by Gasteiger charge is -2.32. The minimum Gasteiger partial charge on any atom is -0.479 e. The zero-order chi connectivity index (χ0) is 14.7. The predicted octanol–water partition coefficient (Wildman–Crippen LogP) is -0.397. The van der Waals surface area contributed by atoms with Crippen molar-refractivity contribution in [2.75, 3.05) is 20.1 Å². The van der Waals surface area contributed by atoms with Crippen LogP contribution in [0, 0.1) is 5.92 Å². The van der Waals surface area contributed by atoms with Gasteiger partial charge in [0, 0.05) is 26.1 Å². The second-order valence-corrected chi connectivity index (χ2v) is 5.24. The molecule has 0 saturated carbocycles. The minimum atomic E-state index is -1.02. The van der Waals surface area contributed by atoms with Gasteiger partial charge in [0.25, 0.3) is 5.91 Å². The summed E-state index contributed by atoms with van der Waals surface area (Å²) in [6.07, 6.45) is 0.590. The molecular formula is C13H20N2O5. The second-order valence-electron chi connectivity index (χ2n) is 5.24. The van der Waals surface area contributed by atoms with Crippen molar-refractivity contribution in [3.8, 4) is 0 Å². The summed E-state index contributed by atoms with van der Waals surface area (Å²) in [5.41, 5.74) is 0. The van der Waals surface area contributed by atoms with Crippen molar-refractivity contribution in [1.29, 1.82) is 0 Å². The molecule has 0 aromatic rings. The van der Waals surface area contributed by atoms with Gasteiger partial charge in [0.05, 0.1) is 0 Å². The number of carbonyl (C=O) groups excluding carboxylic acids is 2. The number of amides is 2. The van der Waals surface area contributed by atoms with Crippen molar-refractivity contribution in [2.45, 2.75) is 37.9 Å². The molecule has 0 radical (unpaired) electrons. The highest BCUT2D eigenvalue weighted by Gasteiger charge is 2.38. The maximum absolute atomic E-state index is 12.2. The van der Waals surface area contributed by atoms with Crippen LogP contribution in [-0.4, -0.2) is 60.1 Å². The smallest absolute Gasteiger partial charge is 0.332 e. The third-order valence-electron chi connectivity index (χ3n) is 3.99. The Bertz CT molecular complexity index is 404. The molecule has 0 aromatic heterocycles. The maximum atomic E-state index is 12.2. The van der Waals surface area contributed by atoms with E-state index in [4.69, 9.17) is 9.84 Å². The summed E-state index contributed by atoms with van der Waals surface area (Å²) in [6.45, 7) is 1.04. The molecule has 0 aromatic carbocycles. The third-order valence-corrected chi connectivity index (χ3v) is 3.99. The van der Waals surface area contributed by atoms with E-state index in [0.29, 0.717) is 38.8 Å². The fraction of sp³-hybridized carbons (Fsp3) is 0.769. The zero-order valence-corrected chi connectivity index (χ0v) is 11.5. The number of aliphatic carboxylic acids is 1. The first-order chi connectivity index (χ1) is 9.52. The van der Waals surface area contributed by atoms with Gasteiger partial charge in [-0.1, -0.05) is 0 Å². The van der Waals surface area contributed by atoms with Crippen molar-refractivity contribution in [1.82, 2.24) is 10.2 Å². The van der Waals surface area contributed by atoms with Gasteiger partial charge in [0.1, 0.15) is 6.10 Å². The van der Waals surface area contributed by atoms with Crippen molar-refractivity contribution >= 4 is 17.8 Å². The quantitative estimate of drug-likeness (QED) is 0.735. The molecule has 2 aliphatic heterocycles. The molecule has 20 heavy (non-hydrogen) atoms. The topological polar surface area (TPSA) is 95.9 Å². The number of likely N-dealkylation sites (tertiary alicyclic amines) is 1. The van der Waals surface area contributed by atoms with Gasteiger partial charge in [-0.25, -0.2) is 4.79 Å². The van der Waals surface area contributed by atoms with Crippen molar-refractivity contribution < 1.29 is 24.2 Å². The molecule has 2 atom stereocenters. The Hall–Kier alpha value is -1.63. The average molecular weight is 284 g/mol. The molecule has 2 aliphatic rings. The van der Waals surface area contributed by atoms with Crippen LogP contribution in [0.3, 0.4) is 0 Å². The summed E-state index contributed by atoms with van der Waals surface area (Å²) >= 11 is 0. The largest absolute Gasteiger partial charge is 0.479 e. The fourth-order valence-electron chi connectivity index (χ4n) is 2.77. The van der Waals surface area contributed by atoms with E-state index >= 15 is 0 Å². The molecule has 7 heteroatoms. The molecule has 0 bridgehead atoms. The molecule has 2 fully saturated rings. The molecule has 0 aliphatic carbocycles. The maximum Gasteiger partial charge on any atom is 0.332 e. The number of nitrogens with zero attached hydrogens (tertiary/aromatic N) is 1. The van der Waals surface area contributed by atoms with Crippen LogP contribution in [0.4, 0.5) is 0 Å². The van der Waals surface area contributed by atoms with E-state index in [9.17, 15) is 14.4 Å². The van der Waals surface area contributed by atoms with Gasteiger partial charge in [0.15, 0.2) is 6.10 Å². The van der Waals surface area contributed by atoms with Crippen LogP contribution >= 0.6 is 0 Å². The number of carboxylic acids is 1. The van der Waals surface area contributed by atoms with Crippen LogP contribution in [-0.2, 0) is 19.1 Å². The highest BCUT2D eigenvalue weighted by Crippen LogP contribution is 2.24. The molecule has 2 heterocycles.